The standard InChI is InChI=1S/C17H15N/c1-2-11-18-17-15-9-5-3-7-13(15)12-14-8-4-6-10-16(14)17/h1,3-10,17-18H,11-12H2. The molecule has 0 fully saturated rings. The van der Waals surface area contributed by atoms with Gasteiger partial charge in [-0.15, -0.1) is 6.42 Å². The first-order valence-electron chi connectivity index (χ1n) is 6.22. The van der Waals surface area contributed by atoms with Crippen LogP contribution in [0.5, 0.6) is 0 Å². The summed E-state index contributed by atoms with van der Waals surface area (Å²) in [5.74, 6) is 2.67. The predicted octanol–water partition coefficient (Wildman–Crippen LogP) is 2.90. The van der Waals surface area contributed by atoms with Crippen LogP contribution in [0.3, 0.4) is 0 Å². The molecule has 0 atom stereocenters. The fourth-order valence-corrected chi connectivity index (χ4v) is 2.71. The lowest BCUT2D eigenvalue weighted by atomic mass is 9.82. The van der Waals surface area contributed by atoms with Crippen molar-refractivity contribution in [3.63, 3.8) is 0 Å². The van der Waals surface area contributed by atoms with Crippen LogP contribution >= 0.6 is 0 Å². The lowest BCUT2D eigenvalue weighted by Crippen LogP contribution is -2.27. The van der Waals surface area contributed by atoms with Crippen molar-refractivity contribution >= 4 is 0 Å². The monoisotopic (exact) mass is 233 g/mol. The first-order valence-corrected chi connectivity index (χ1v) is 6.22. The third-order valence-electron chi connectivity index (χ3n) is 3.52. The van der Waals surface area contributed by atoms with E-state index >= 15 is 0 Å². The zero-order valence-electron chi connectivity index (χ0n) is 10.2. The van der Waals surface area contributed by atoms with E-state index in [4.69, 9.17) is 6.42 Å². The van der Waals surface area contributed by atoms with Gasteiger partial charge in [-0.3, -0.25) is 5.32 Å². The predicted molar refractivity (Wildman–Crippen MR) is 74.4 cm³/mol. The van der Waals surface area contributed by atoms with Crippen molar-refractivity contribution in [2.75, 3.05) is 6.54 Å². The van der Waals surface area contributed by atoms with Crippen molar-refractivity contribution in [2.45, 2.75) is 12.5 Å². The van der Waals surface area contributed by atoms with E-state index < -0.39 is 0 Å². The van der Waals surface area contributed by atoms with Crippen molar-refractivity contribution in [1.29, 1.82) is 0 Å². The Hall–Kier alpha value is -2.04. The number of fused-ring (bicyclic) bond motifs is 2. The van der Waals surface area contributed by atoms with Crippen molar-refractivity contribution in [3.8, 4) is 12.3 Å². The minimum Gasteiger partial charge on any atom is -0.295 e. The Morgan fingerprint density at radius 3 is 2.11 bits per heavy atom. The first kappa shape index (κ1) is 11.1. The Bertz CT molecular complexity index is 562. The molecule has 88 valence electrons. The molecule has 1 nitrogen and oxygen atoms in total. The van der Waals surface area contributed by atoms with E-state index in [9.17, 15) is 0 Å². The zero-order chi connectivity index (χ0) is 12.4. The molecule has 0 unspecified atom stereocenters. The molecule has 0 radical (unpaired) electrons. The molecule has 0 bridgehead atoms. The second-order valence-corrected chi connectivity index (χ2v) is 4.59. The van der Waals surface area contributed by atoms with Crippen LogP contribution in [0.15, 0.2) is 48.5 Å². The summed E-state index contributed by atoms with van der Waals surface area (Å²) in [5, 5.41) is 3.45. The molecule has 0 saturated heterocycles. The summed E-state index contributed by atoms with van der Waals surface area (Å²) in [6.45, 7) is 0.591. The Labute approximate surface area is 108 Å². The van der Waals surface area contributed by atoms with Crippen molar-refractivity contribution in [1.82, 2.24) is 5.32 Å². The van der Waals surface area contributed by atoms with Crippen molar-refractivity contribution in [2.24, 2.45) is 0 Å². The molecule has 2 aromatic carbocycles. The second-order valence-electron chi connectivity index (χ2n) is 4.59. The molecule has 1 heteroatoms. The van der Waals surface area contributed by atoms with Gasteiger partial charge in [0, 0.05) is 0 Å². The van der Waals surface area contributed by atoms with Crippen LogP contribution in [0, 0.1) is 12.3 Å². The van der Waals surface area contributed by atoms with Gasteiger partial charge in [-0.2, -0.15) is 0 Å². The molecule has 1 aliphatic carbocycles. The van der Waals surface area contributed by atoms with Crippen LogP contribution in [0.25, 0.3) is 0 Å². The van der Waals surface area contributed by atoms with E-state index in [0.717, 1.165) is 6.42 Å². The topological polar surface area (TPSA) is 12.0 Å². The molecule has 0 heterocycles. The fraction of sp³-hybridized carbons (Fsp3) is 0.176. The summed E-state index contributed by atoms with van der Waals surface area (Å²) >= 11 is 0. The van der Waals surface area contributed by atoms with Gasteiger partial charge in [0.25, 0.3) is 0 Å². The summed E-state index contributed by atoms with van der Waals surface area (Å²) in [7, 11) is 0. The zero-order valence-corrected chi connectivity index (χ0v) is 10.2. The molecule has 0 spiro atoms. The van der Waals surface area contributed by atoms with Crippen LogP contribution in [-0.2, 0) is 6.42 Å². The van der Waals surface area contributed by atoms with E-state index in [1.807, 2.05) is 0 Å². The highest BCUT2D eigenvalue weighted by atomic mass is 14.9. The normalized spacial score (nSPS) is 13.5. The Morgan fingerprint density at radius 2 is 1.56 bits per heavy atom. The van der Waals surface area contributed by atoms with Crippen LogP contribution in [0.2, 0.25) is 0 Å². The Morgan fingerprint density at radius 1 is 1.00 bits per heavy atom. The van der Waals surface area contributed by atoms with Gasteiger partial charge in [0.1, 0.15) is 0 Å². The van der Waals surface area contributed by atoms with Gasteiger partial charge < -0.3 is 0 Å². The lowest BCUT2D eigenvalue weighted by molar-refractivity contribution is 0.636. The highest BCUT2D eigenvalue weighted by Gasteiger charge is 2.23. The first-order chi connectivity index (χ1) is 8.90. The number of terminal acetylenes is 1. The number of hydrogen-bond acceptors (Lipinski definition) is 1. The minimum absolute atomic E-state index is 0.224. The average Bonchev–Trinajstić information content (AvgIpc) is 2.43. The summed E-state index contributed by atoms with van der Waals surface area (Å²) in [6, 6.07) is 17.4. The molecular weight excluding hydrogens is 218 g/mol. The highest BCUT2D eigenvalue weighted by Crippen LogP contribution is 2.34. The van der Waals surface area contributed by atoms with Crippen LogP contribution in [-0.4, -0.2) is 6.54 Å². The van der Waals surface area contributed by atoms with Gasteiger partial charge >= 0.3 is 0 Å². The number of benzene rings is 2. The number of hydrogen-bond donors (Lipinski definition) is 1. The van der Waals surface area contributed by atoms with E-state index in [1.54, 1.807) is 0 Å². The molecule has 0 aromatic heterocycles. The summed E-state index contributed by atoms with van der Waals surface area (Å²) < 4.78 is 0. The Balaban J connectivity index is 2.09. The Kier molecular flexibility index (Phi) is 2.88. The summed E-state index contributed by atoms with van der Waals surface area (Å²) in [5.41, 5.74) is 5.49. The number of rotatable bonds is 2. The average molecular weight is 233 g/mol. The summed E-state index contributed by atoms with van der Waals surface area (Å²) in [4.78, 5) is 0. The molecule has 0 saturated carbocycles. The van der Waals surface area contributed by atoms with E-state index in [1.165, 1.54) is 22.3 Å². The molecule has 2 aromatic rings. The highest BCUT2D eigenvalue weighted by molar-refractivity contribution is 5.48. The van der Waals surface area contributed by atoms with Crippen molar-refractivity contribution < 1.29 is 0 Å². The second kappa shape index (κ2) is 4.68. The van der Waals surface area contributed by atoms with E-state index in [2.05, 4.69) is 59.8 Å². The smallest absolute Gasteiger partial charge is 0.0589 e. The van der Waals surface area contributed by atoms with Crippen LogP contribution < -0.4 is 5.32 Å². The molecule has 3 rings (SSSR count). The van der Waals surface area contributed by atoms with Gasteiger partial charge in [0.15, 0.2) is 0 Å². The third-order valence-corrected chi connectivity index (χ3v) is 3.52. The lowest BCUT2D eigenvalue weighted by Gasteiger charge is -2.28. The maximum absolute atomic E-state index is 5.37. The number of nitrogens with one attached hydrogen (secondary N) is 1. The molecular formula is C17H15N. The minimum atomic E-state index is 0.224. The molecule has 0 aliphatic heterocycles. The molecule has 0 amide bonds. The fourth-order valence-electron chi connectivity index (χ4n) is 2.71. The maximum atomic E-state index is 5.37. The maximum Gasteiger partial charge on any atom is 0.0589 e. The van der Waals surface area contributed by atoms with Gasteiger partial charge in [-0.1, -0.05) is 54.5 Å². The van der Waals surface area contributed by atoms with Gasteiger partial charge in [0.05, 0.1) is 12.6 Å². The SMILES string of the molecule is C#CCNC1c2ccccc2Cc2ccccc21. The van der Waals surface area contributed by atoms with Crippen LogP contribution in [0.4, 0.5) is 0 Å². The molecule has 1 N–H and O–H groups in total. The van der Waals surface area contributed by atoms with Gasteiger partial charge in [0.2, 0.25) is 0 Å². The van der Waals surface area contributed by atoms with Crippen molar-refractivity contribution in [3.05, 3.63) is 70.8 Å². The van der Waals surface area contributed by atoms with Crippen LogP contribution in [0.1, 0.15) is 28.3 Å². The van der Waals surface area contributed by atoms with Gasteiger partial charge in [-0.25, -0.2) is 0 Å². The molecule has 1 aliphatic rings. The quantitative estimate of drug-likeness (QED) is 0.786. The summed E-state index contributed by atoms with van der Waals surface area (Å²) in [6.07, 6.45) is 6.39. The van der Waals surface area contributed by atoms with E-state index in [-0.39, 0.29) is 6.04 Å². The molecule has 18 heavy (non-hydrogen) atoms. The van der Waals surface area contributed by atoms with E-state index in [0.29, 0.717) is 6.54 Å². The third kappa shape index (κ3) is 1.81. The largest absolute Gasteiger partial charge is 0.295 e. The van der Waals surface area contributed by atoms with Gasteiger partial charge in [-0.05, 0) is 28.7 Å².